The van der Waals surface area contributed by atoms with Crippen molar-refractivity contribution in [2.45, 2.75) is 46.1 Å². The second kappa shape index (κ2) is 8.37. The predicted octanol–water partition coefficient (Wildman–Crippen LogP) is 4.31. The van der Waals surface area contributed by atoms with E-state index in [2.05, 4.69) is 42.0 Å². The molecule has 0 bridgehead atoms. The summed E-state index contributed by atoms with van der Waals surface area (Å²) >= 11 is 3.43. The fourth-order valence-electron chi connectivity index (χ4n) is 2.34. The SMILES string of the molecule is CCNC(CCc1ccc([N+](=O)[O-])cc1Br)CC(C)C. The van der Waals surface area contributed by atoms with Gasteiger partial charge in [-0.2, -0.15) is 0 Å². The van der Waals surface area contributed by atoms with Crippen molar-refractivity contribution in [2.24, 2.45) is 5.92 Å². The van der Waals surface area contributed by atoms with Crippen LogP contribution in [0.4, 0.5) is 5.69 Å². The van der Waals surface area contributed by atoms with Gasteiger partial charge >= 0.3 is 0 Å². The normalized spacial score (nSPS) is 12.7. The summed E-state index contributed by atoms with van der Waals surface area (Å²) in [5, 5.41) is 14.2. The Morgan fingerprint density at radius 3 is 2.60 bits per heavy atom. The summed E-state index contributed by atoms with van der Waals surface area (Å²) in [7, 11) is 0. The van der Waals surface area contributed by atoms with Crippen molar-refractivity contribution < 1.29 is 4.92 Å². The molecule has 0 heterocycles. The minimum absolute atomic E-state index is 0.131. The third kappa shape index (κ3) is 5.59. The molecule has 0 spiro atoms. The van der Waals surface area contributed by atoms with E-state index in [0.29, 0.717) is 12.0 Å². The number of hydrogen-bond donors (Lipinski definition) is 1. The Kier molecular flexibility index (Phi) is 7.16. The van der Waals surface area contributed by atoms with Gasteiger partial charge in [0.05, 0.1) is 4.92 Å². The molecule has 0 saturated heterocycles. The number of halogens is 1. The lowest BCUT2D eigenvalue weighted by molar-refractivity contribution is -0.384. The minimum atomic E-state index is -0.366. The average Bonchev–Trinajstić information content (AvgIpc) is 2.36. The lowest BCUT2D eigenvalue weighted by Gasteiger charge is -2.20. The highest BCUT2D eigenvalue weighted by Gasteiger charge is 2.13. The van der Waals surface area contributed by atoms with E-state index in [4.69, 9.17) is 0 Å². The van der Waals surface area contributed by atoms with Crippen LogP contribution < -0.4 is 5.32 Å². The van der Waals surface area contributed by atoms with Crippen molar-refractivity contribution in [3.8, 4) is 0 Å². The number of aryl methyl sites for hydroxylation is 1. The fraction of sp³-hybridized carbons (Fsp3) is 0.600. The summed E-state index contributed by atoms with van der Waals surface area (Å²) < 4.78 is 0.825. The van der Waals surface area contributed by atoms with Crippen LogP contribution in [-0.2, 0) is 6.42 Å². The van der Waals surface area contributed by atoms with Crippen LogP contribution in [0.3, 0.4) is 0 Å². The largest absolute Gasteiger partial charge is 0.314 e. The summed E-state index contributed by atoms with van der Waals surface area (Å²) in [6.07, 6.45) is 3.11. The quantitative estimate of drug-likeness (QED) is 0.565. The smallest absolute Gasteiger partial charge is 0.270 e. The number of nitro benzene ring substituents is 1. The van der Waals surface area contributed by atoms with Gasteiger partial charge in [0, 0.05) is 22.6 Å². The number of nitrogens with zero attached hydrogens (tertiary/aromatic N) is 1. The maximum absolute atomic E-state index is 10.7. The molecule has 0 radical (unpaired) electrons. The van der Waals surface area contributed by atoms with E-state index < -0.39 is 0 Å². The molecule has 0 aliphatic heterocycles. The number of nitro groups is 1. The van der Waals surface area contributed by atoms with Crippen molar-refractivity contribution in [1.29, 1.82) is 0 Å². The van der Waals surface area contributed by atoms with Gasteiger partial charge in [0.2, 0.25) is 0 Å². The van der Waals surface area contributed by atoms with Crippen LogP contribution in [0.25, 0.3) is 0 Å². The van der Waals surface area contributed by atoms with E-state index in [1.165, 1.54) is 0 Å². The van der Waals surface area contributed by atoms with E-state index >= 15 is 0 Å². The first-order valence-electron chi connectivity index (χ1n) is 7.10. The molecule has 1 N–H and O–H groups in total. The van der Waals surface area contributed by atoms with Crippen molar-refractivity contribution in [2.75, 3.05) is 6.54 Å². The lowest BCUT2D eigenvalue weighted by Crippen LogP contribution is -2.30. The molecule has 1 unspecified atom stereocenters. The Labute approximate surface area is 129 Å². The molecule has 0 saturated carbocycles. The van der Waals surface area contributed by atoms with Gasteiger partial charge in [-0.1, -0.05) is 42.8 Å². The molecule has 5 heteroatoms. The highest BCUT2D eigenvalue weighted by molar-refractivity contribution is 9.10. The average molecular weight is 343 g/mol. The van der Waals surface area contributed by atoms with Crippen LogP contribution in [0.2, 0.25) is 0 Å². The van der Waals surface area contributed by atoms with Gasteiger partial charge in [-0.25, -0.2) is 0 Å². The fourth-order valence-corrected chi connectivity index (χ4v) is 2.91. The topological polar surface area (TPSA) is 55.2 Å². The third-order valence-electron chi connectivity index (χ3n) is 3.26. The maximum Gasteiger partial charge on any atom is 0.270 e. The zero-order chi connectivity index (χ0) is 15.1. The highest BCUT2D eigenvalue weighted by Crippen LogP contribution is 2.24. The molecule has 1 rings (SSSR count). The monoisotopic (exact) mass is 342 g/mol. The van der Waals surface area contributed by atoms with Gasteiger partial charge in [-0.05, 0) is 37.3 Å². The summed E-state index contributed by atoms with van der Waals surface area (Å²) in [5.74, 6) is 0.666. The van der Waals surface area contributed by atoms with Crippen LogP contribution in [0.1, 0.15) is 39.2 Å². The number of benzene rings is 1. The van der Waals surface area contributed by atoms with Crippen LogP contribution in [0.5, 0.6) is 0 Å². The molecule has 0 amide bonds. The second-order valence-corrected chi connectivity index (χ2v) is 6.31. The molecule has 20 heavy (non-hydrogen) atoms. The molecular formula is C15H23BrN2O2. The first kappa shape index (κ1) is 17.1. The van der Waals surface area contributed by atoms with Crippen LogP contribution in [-0.4, -0.2) is 17.5 Å². The van der Waals surface area contributed by atoms with Gasteiger partial charge < -0.3 is 5.32 Å². The van der Waals surface area contributed by atoms with Gasteiger partial charge in [-0.3, -0.25) is 10.1 Å². The predicted molar refractivity (Wildman–Crippen MR) is 86.0 cm³/mol. The number of non-ortho nitro benzene ring substituents is 1. The molecule has 0 aromatic heterocycles. The summed E-state index contributed by atoms with van der Waals surface area (Å²) in [4.78, 5) is 10.3. The Bertz CT molecular complexity index is 449. The third-order valence-corrected chi connectivity index (χ3v) is 4.00. The molecule has 1 atom stereocenters. The molecular weight excluding hydrogens is 320 g/mol. The van der Waals surface area contributed by atoms with E-state index in [1.807, 2.05) is 6.07 Å². The summed E-state index contributed by atoms with van der Waals surface area (Å²) in [5.41, 5.74) is 1.26. The van der Waals surface area contributed by atoms with Crippen molar-refractivity contribution in [1.82, 2.24) is 5.32 Å². The first-order valence-corrected chi connectivity index (χ1v) is 7.89. The Balaban J connectivity index is 2.65. The Morgan fingerprint density at radius 2 is 2.10 bits per heavy atom. The molecule has 112 valence electrons. The van der Waals surface area contributed by atoms with E-state index in [9.17, 15) is 10.1 Å². The maximum atomic E-state index is 10.7. The molecule has 0 aliphatic rings. The Hall–Kier alpha value is -0.940. The van der Waals surface area contributed by atoms with Gasteiger partial charge in [0.25, 0.3) is 5.69 Å². The van der Waals surface area contributed by atoms with Crippen molar-refractivity contribution in [3.63, 3.8) is 0 Å². The van der Waals surface area contributed by atoms with Crippen LogP contribution in [0, 0.1) is 16.0 Å². The molecule has 1 aromatic rings. The first-order chi connectivity index (χ1) is 9.43. The van der Waals surface area contributed by atoms with Crippen molar-refractivity contribution in [3.05, 3.63) is 38.3 Å². The van der Waals surface area contributed by atoms with Gasteiger partial charge in [0.1, 0.15) is 0 Å². The van der Waals surface area contributed by atoms with Crippen LogP contribution in [0.15, 0.2) is 22.7 Å². The molecule has 0 aliphatic carbocycles. The zero-order valence-electron chi connectivity index (χ0n) is 12.4. The number of nitrogens with one attached hydrogen (secondary N) is 1. The zero-order valence-corrected chi connectivity index (χ0v) is 13.9. The highest BCUT2D eigenvalue weighted by atomic mass is 79.9. The second-order valence-electron chi connectivity index (χ2n) is 5.46. The van der Waals surface area contributed by atoms with Crippen LogP contribution >= 0.6 is 15.9 Å². The molecule has 1 aromatic carbocycles. The minimum Gasteiger partial charge on any atom is -0.314 e. The molecule has 0 fully saturated rings. The van der Waals surface area contributed by atoms with E-state index in [1.54, 1.807) is 12.1 Å². The lowest BCUT2D eigenvalue weighted by atomic mass is 9.97. The van der Waals surface area contributed by atoms with Gasteiger partial charge in [0.15, 0.2) is 0 Å². The molecule has 4 nitrogen and oxygen atoms in total. The van der Waals surface area contributed by atoms with E-state index in [-0.39, 0.29) is 10.6 Å². The summed E-state index contributed by atoms with van der Waals surface area (Å²) in [6.45, 7) is 7.55. The Morgan fingerprint density at radius 1 is 1.40 bits per heavy atom. The summed E-state index contributed by atoms with van der Waals surface area (Å²) in [6, 6.07) is 5.51. The standard InChI is InChI=1S/C15H23BrN2O2/c1-4-17-13(9-11(2)3)7-5-12-6-8-14(18(19)20)10-15(12)16/h6,8,10-11,13,17H,4-5,7,9H2,1-3H3. The van der Waals surface area contributed by atoms with Crippen molar-refractivity contribution >= 4 is 21.6 Å². The van der Waals surface area contributed by atoms with E-state index in [0.717, 1.165) is 35.8 Å². The number of hydrogen-bond acceptors (Lipinski definition) is 3. The van der Waals surface area contributed by atoms with Gasteiger partial charge in [-0.15, -0.1) is 0 Å². The number of rotatable bonds is 8.